The van der Waals surface area contributed by atoms with Crippen LogP contribution >= 0.6 is 0 Å². The molecular weight excluding hydrogens is 354 g/mol. The van der Waals surface area contributed by atoms with E-state index >= 15 is 0 Å². The van der Waals surface area contributed by atoms with Crippen molar-refractivity contribution < 1.29 is 18.7 Å². The van der Waals surface area contributed by atoms with Crippen LogP contribution in [0.4, 0.5) is 0 Å². The molecule has 4 rings (SSSR count). The Labute approximate surface area is 164 Å². The van der Waals surface area contributed by atoms with Crippen molar-refractivity contribution in [3.05, 3.63) is 59.4 Å². The first kappa shape index (κ1) is 18.4. The van der Waals surface area contributed by atoms with Gasteiger partial charge < -0.3 is 18.8 Å². The van der Waals surface area contributed by atoms with Gasteiger partial charge >= 0.3 is 0 Å². The zero-order valence-corrected chi connectivity index (χ0v) is 16.5. The van der Waals surface area contributed by atoms with Gasteiger partial charge in [0, 0.05) is 31.3 Å². The van der Waals surface area contributed by atoms with Crippen LogP contribution in [0.25, 0.3) is 11.0 Å². The molecule has 28 heavy (non-hydrogen) atoms. The fraction of sp³-hybridized carbons (Fsp3) is 0.348. The molecule has 5 nitrogen and oxygen atoms in total. The van der Waals surface area contributed by atoms with Gasteiger partial charge in [-0.05, 0) is 37.1 Å². The number of para-hydroxylation sites is 2. The maximum absolute atomic E-state index is 12.9. The van der Waals surface area contributed by atoms with Crippen LogP contribution in [0.1, 0.15) is 34.5 Å². The smallest absolute Gasteiger partial charge is 0.289 e. The number of methoxy groups -OCH3 is 1. The average Bonchev–Trinajstić information content (AvgIpc) is 3.15. The lowest BCUT2D eigenvalue weighted by Crippen LogP contribution is -2.41. The minimum absolute atomic E-state index is 0.0798. The molecular formula is C23H25NO4. The van der Waals surface area contributed by atoms with E-state index in [1.165, 1.54) is 0 Å². The lowest BCUT2D eigenvalue weighted by molar-refractivity contribution is 0.0566. The zero-order valence-electron chi connectivity index (χ0n) is 16.5. The molecule has 1 aliphatic heterocycles. The quantitative estimate of drug-likeness (QED) is 0.657. The second-order valence-electron chi connectivity index (χ2n) is 7.32. The van der Waals surface area contributed by atoms with Gasteiger partial charge in [0.2, 0.25) is 0 Å². The minimum Gasteiger partial charge on any atom is -0.493 e. The van der Waals surface area contributed by atoms with E-state index in [-0.39, 0.29) is 12.0 Å². The van der Waals surface area contributed by atoms with E-state index < -0.39 is 0 Å². The van der Waals surface area contributed by atoms with Crippen LogP contribution in [-0.2, 0) is 0 Å². The number of ether oxygens (including phenoxy) is 2. The van der Waals surface area contributed by atoms with Crippen LogP contribution in [0, 0.1) is 13.8 Å². The molecule has 1 fully saturated rings. The van der Waals surface area contributed by atoms with Gasteiger partial charge in [-0.3, -0.25) is 4.79 Å². The van der Waals surface area contributed by atoms with Gasteiger partial charge in [-0.2, -0.15) is 0 Å². The van der Waals surface area contributed by atoms with Crippen LogP contribution in [0.15, 0.2) is 46.9 Å². The molecule has 1 amide bonds. The van der Waals surface area contributed by atoms with E-state index in [9.17, 15) is 4.79 Å². The van der Waals surface area contributed by atoms with Crippen LogP contribution in [-0.4, -0.2) is 37.1 Å². The SMILES string of the molecule is COc1cccc2cc(C(=O)N3CCC(Oc4c(C)cccc4C)CC3)oc12. The molecule has 0 atom stereocenters. The Kier molecular flexibility index (Phi) is 4.99. The number of likely N-dealkylation sites (tertiary alicyclic amines) is 1. The number of hydrogen-bond acceptors (Lipinski definition) is 4. The zero-order chi connectivity index (χ0) is 19.7. The number of rotatable bonds is 4. The third-order valence-electron chi connectivity index (χ3n) is 5.36. The van der Waals surface area contributed by atoms with Crippen LogP contribution < -0.4 is 9.47 Å². The molecule has 1 aliphatic rings. The third-order valence-corrected chi connectivity index (χ3v) is 5.36. The number of furan rings is 1. The molecule has 146 valence electrons. The Morgan fingerprint density at radius 1 is 1.07 bits per heavy atom. The summed E-state index contributed by atoms with van der Waals surface area (Å²) in [6.07, 6.45) is 1.74. The van der Waals surface area contributed by atoms with Gasteiger partial charge in [-0.1, -0.05) is 30.3 Å². The van der Waals surface area contributed by atoms with E-state index in [1.54, 1.807) is 13.2 Å². The van der Waals surface area contributed by atoms with Gasteiger partial charge in [-0.15, -0.1) is 0 Å². The number of fused-ring (bicyclic) bond motifs is 1. The molecule has 0 radical (unpaired) electrons. The Bertz CT molecular complexity index is 979. The van der Waals surface area contributed by atoms with Crippen molar-refractivity contribution in [1.82, 2.24) is 4.90 Å². The van der Waals surface area contributed by atoms with E-state index in [0.29, 0.717) is 30.2 Å². The molecule has 0 unspecified atom stereocenters. The molecule has 5 heteroatoms. The van der Waals surface area contributed by atoms with Gasteiger partial charge in [-0.25, -0.2) is 0 Å². The highest BCUT2D eigenvalue weighted by Crippen LogP contribution is 2.30. The summed E-state index contributed by atoms with van der Waals surface area (Å²) in [5.74, 6) is 1.88. The van der Waals surface area contributed by atoms with Crippen molar-refractivity contribution in [3.8, 4) is 11.5 Å². The van der Waals surface area contributed by atoms with E-state index in [2.05, 4.69) is 26.0 Å². The summed E-state index contributed by atoms with van der Waals surface area (Å²) >= 11 is 0. The van der Waals surface area contributed by atoms with Gasteiger partial charge in [0.1, 0.15) is 11.9 Å². The first-order chi connectivity index (χ1) is 13.6. The normalized spacial score (nSPS) is 15.0. The van der Waals surface area contributed by atoms with Crippen LogP contribution in [0.5, 0.6) is 11.5 Å². The fourth-order valence-electron chi connectivity index (χ4n) is 3.79. The summed E-state index contributed by atoms with van der Waals surface area (Å²) in [4.78, 5) is 14.7. The highest BCUT2D eigenvalue weighted by Gasteiger charge is 2.27. The number of hydrogen-bond donors (Lipinski definition) is 0. The maximum Gasteiger partial charge on any atom is 0.289 e. The number of nitrogens with zero attached hydrogens (tertiary/aromatic N) is 1. The van der Waals surface area contributed by atoms with Crippen LogP contribution in [0.2, 0.25) is 0 Å². The summed E-state index contributed by atoms with van der Waals surface area (Å²) in [7, 11) is 1.60. The van der Waals surface area contributed by atoms with Gasteiger partial charge in [0.25, 0.3) is 5.91 Å². The molecule has 0 bridgehead atoms. The van der Waals surface area contributed by atoms with E-state index in [0.717, 1.165) is 35.1 Å². The molecule has 2 aromatic carbocycles. The summed E-state index contributed by atoms with van der Waals surface area (Å²) in [6, 6.07) is 13.6. The molecule has 1 aromatic heterocycles. The summed E-state index contributed by atoms with van der Waals surface area (Å²) in [5, 5.41) is 0.871. The predicted molar refractivity (Wildman–Crippen MR) is 108 cm³/mol. The molecule has 1 saturated heterocycles. The second kappa shape index (κ2) is 7.58. The highest BCUT2D eigenvalue weighted by molar-refractivity contribution is 5.97. The Morgan fingerprint density at radius 2 is 1.75 bits per heavy atom. The second-order valence-corrected chi connectivity index (χ2v) is 7.32. The van der Waals surface area contributed by atoms with Crippen LogP contribution in [0.3, 0.4) is 0 Å². The summed E-state index contributed by atoms with van der Waals surface area (Å²) in [6.45, 7) is 5.44. The molecule has 0 aliphatic carbocycles. The Balaban J connectivity index is 1.43. The van der Waals surface area contributed by atoms with Crippen molar-refractivity contribution in [2.45, 2.75) is 32.8 Å². The molecule has 0 spiro atoms. The van der Waals surface area contributed by atoms with Crippen molar-refractivity contribution in [1.29, 1.82) is 0 Å². The van der Waals surface area contributed by atoms with Gasteiger partial charge in [0.15, 0.2) is 17.1 Å². The third kappa shape index (κ3) is 3.44. The van der Waals surface area contributed by atoms with Gasteiger partial charge in [0.05, 0.1) is 7.11 Å². The standard InChI is InChI=1S/C23H25NO4/c1-15-6-4-7-16(2)21(15)27-18-10-12-24(13-11-18)23(25)20-14-17-8-5-9-19(26-3)22(17)28-20/h4-9,14,18H,10-13H2,1-3H3. The van der Waals surface area contributed by atoms with Crippen molar-refractivity contribution >= 4 is 16.9 Å². The van der Waals surface area contributed by atoms with E-state index in [4.69, 9.17) is 13.9 Å². The Hall–Kier alpha value is -2.95. The number of aryl methyl sites for hydroxylation is 2. The Morgan fingerprint density at radius 3 is 2.43 bits per heavy atom. The summed E-state index contributed by atoms with van der Waals surface area (Å²) in [5.41, 5.74) is 2.91. The van der Waals surface area contributed by atoms with Crippen molar-refractivity contribution in [3.63, 3.8) is 0 Å². The number of carbonyl (C=O) groups is 1. The highest BCUT2D eigenvalue weighted by atomic mass is 16.5. The largest absolute Gasteiger partial charge is 0.493 e. The lowest BCUT2D eigenvalue weighted by atomic mass is 10.1. The fourth-order valence-corrected chi connectivity index (χ4v) is 3.79. The van der Waals surface area contributed by atoms with Crippen molar-refractivity contribution in [2.24, 2.45) is 0 Å². The number of amides is 1. The topological polar surface area (TPSA) is 51.9 Å². The number of benzene rings is 2. The average molecular weight is 379 g/mol. The monoisotopic (exact) mass is 379 g/mol. The lowest BCUT2D eigenvalue weighted by Gasteiger charge is -2.32. The molecule has 3 aromatic rings. The van der Waals surface area contributed by atoms with Crippen molar-refractivity contribution in [2.75, 3.05) is 20.2 Å². The molecule has 2 heterocycles. The molecule has 0 N–H and O–H groups in total. The first-order valence-corrected chi connectivity index (χ1v) is 9.65. The summed E-state index contributed by atoms with van der Waals surface area (Å²) < 4.78 is 17.4. The minimum atomic E-state index is -0.0798. The molecule has 0 saturated carbocycles. The maximum atomic E-state index is 12.9. The number of carbonyl (C=O) groups excluding carboxylic acids is 1. The first-order valence-electron chi connectivity index (χ1n) is 9.65. The number of piperidine rings is 1. The predicted octanol–water partition coefficient (Wildman–Crippen LogP) is 4.74. The van der Waals surface area contributed by atoms with E-state index in [1.807, 2.05) is 29.2 Å².